The maximum Gasteiger partial charge on any atom is 0.257 e. The van der Waals surface area contributed by atoms with Crippen LogP contribution < -0.4 is 10.1 Å². The summed E-state index contributed by atoms with van der Waals surface area (Å²) in [6, 6.07) is 8.52. The van der Waals surface area contributed by atoms with Crippen LogP contribution in [0.3, 0.4) is 0 Å². The van der Waals surface area contributed by atoms with E-state index in [1.807, 2.05) is 0 Å². The number of carbonyl (C=O) groups is 1. The van der Waals surface area contributed by atoms with Crippen molar-refractivity contribution in [3.8, 4) is 17.0 Å². The molecule has 0 aliphatic rings. The van der Waals surface area contributed by atoms with Gasteiger partial charge in [-0.05, 0) is 42.8 Å². The van der Waals surface area contributed by atoms with Crippen molar-refractivity contribution >= 4 is 22.4 Å². The van der Waals surface area contributed by atoms with E-state index in [1.165, 1.54) is 48.8 Å². The number of ether oxygens (including phenoxy) is 1. The normalized spacial score (nSPS) is 10.6. The molecular weight excluding hydrogens is 346 g/mol. The van der Waals surface area contributed by atoms with Gasteiger partial charge in [-0.15, -0.1) is 11.3 Å². The zero-order chi connectivity index (χ0) is 18.0. The number of hydrogen-bond donors (Lipinski definition) is 1. The summed E-state index contributed by atoms with van der Waals surface area (Å²) in [4.78, 5) is 16.6. The molecule has 2 aromatic carbocycles. The lowest BCUT2D eigenvalue weighted by Crippen LogP contribution is -2.13. The summed E-state index contributed by atoms with van der Waals surface area (Å²) in [5.41, 5.74) is 2.00. The first-order chi connectivity index (χ1) is 12.0. The summed E-state index contributed by atoms with van der Waals surface area (Å²) < 4.78 is 32.0. The summed E-state index contributed by atoms with van der Waals surface area (Å²) in [6.45, 7) is 1.72. The van der Waals surface area contributed by atoms with E-state index in [4.69, 9.17) is 4.74 Å². The Morgan fingerprint density at radius 2 is 2.00 bits per heavy atom. The molecule has 0 spiro atoms. The summed E-state index contributed by atoms with van der Waals surface area (Å²) in [7, 11) is 1.39. The average Bonchev–Trinajstić information content (AvgIpc) is 3.05. The van der Waals surface area contributed by atoms with Crippen LogP contribution in [-0.4, -0.2) is 18.0 Å². The van der Waals surface area contributed by atoms with Crippen molar-refractivity contribution in [1.29, 1.82) is 0 Å². The number of anilines is 1. The lowest BCUT2D eigenvalue weighted by Gasteiger charge is -2.05. The fraction of sp³-hybridized carbons (Fsp3) is 0.111. The Labute approximate surface area is 147 Å². The number of halogens is 2. The highest BCUT2D eigenvalue weighted by atomic mass is 32.1. The standard InChI is InChI=1S/C18H14F2N2O2S/c1-10-3-5-12(19)8-13(10)17(23)22-18-21-15(9-25-18)11-4-6-16(24-2)14(20)7-11/h3-9H,1-2H3,(H,21,22,23). The highest BCUT2D eigenvalue weighted by molar-refractivity contribution is 7.14. The number of aromatic nitrogens is 1. The Kier molecular flexibility index (Phi) is 4.76. The molecule has 0 saturated heterocycles. The number of aryl methyl sites for hydroxylation is 1. The van der Waals surface area contributed by atoms with Crippen LogP contribution in [-0.2, 0) is 0 Å². The van der Waals surface area contributed by atoms with Gasteiger partial charge < -0.3 is 4.74 Å². The number of nitrogens with zero attached hydrogens (tertiary/aromatic N) is 1. The minimum atomic E-state index is -0.492. The predicted octanol–water partition coefficient (Wildman–Crippen LogP) is 4.66. The van der Waals surface area contributed by atoms with Gasteiger partial charge >= 0.3 is 0 Å². The van der Waals surface area contributed by atoms with Crippen LogP contribution in [0.1, 0.15) is 15.9 Å². The first-order valence-electron chi connectivity index (χ1n) is 7.35. The van der Waals surface area contributed by atoms with Gasteiger partial charge in [0.2, 0.25) is 0 Å². The van der Waals surface area contributed by atoms with E-state index in [2.05, 4.69) is 10.3 Å². The zero-order valence-electron chi connectivity index (χ0n) is 13.5. The molecule has 128 valence electrons. The largest absolute Gasteiger partial charge is 0.494 e. The molecule has 3 aromatic rings. The minimum absolute atomic E-state index is 0.147. The Balaban J connectivity index is 1.81. The van der Waals surface area contributed by atoms with Crippen molar-refractivity contribution in [3.63, 3.8) is 0 Å². The predicted molar refractivity (Wildman–Crippen MR) is 93.2 cm³/mol. The molecule has 1 N–H and O–H groups in total. The zero-order valence-corrected chi connectivity index (χ0v) is 14.3. The third-order valence-electron chi connectivity index (χ3n) is 3.62. The van der Waals surface area contributed by atoms with E-state index in [0.717, 1.165) is 0 Å². The molecule has 0 fully saturated rings. The summed E-state index contributed by atoms with van der Waals surface area (Å²) in [6.07, 6.45) is 0. The fourth-order valence-corrected chi connectivity index (χ4v) is 3.01. The van der Waals surface area contributed by atoms with E-state index in [9.17, 15) is 13.6 Å². The van der Waals surface area contributed by atoms with Crippen molar-refractivity contribution in [2.75, 3.05) is 12.4 Å². The molecular formula is C18H14F2N2O2S. The quantitative estimate of drug-likeness (QED) is 0.736. The first-order valence-corrected chi connectivity index (χ1v) is 8.23. The summed E-state index contributed by atoms with van der Waals surface area (Å²) in [5, 5.41) is 4.69. The van der Waals surface area contributed by atoms with E-state index in [1.54, 1.807) is 18.4 Å². The fourth-order valence-electron chi connectivity index (χ4n) is 2.29. The van der Waals surface area contributed by atoms with E-state index in [0.29, 0.717) is 22.0 Å². The number of carbonyl (C=O) groups excluding carboxylic acids is 1. The molecule has 4 nitrogen and oxygen atoms in total. The van der Waals surface area contributed by atoms with Gasteiger partial charge in [0.1, 0.15) is 5.82 Å². The maximum atomic E-state index is 13.8. The SMILES string of the molecule is COc1ccc(-c2csc(NC(=O)c3cc(F)ccc3C)n2)cc1F. The number of hydrogen-bond acceptors (Lipinski definition) is 4. The number of amides is 1. The van der Waals surface area contributed by atoms with Gasteiger partial charge in [0.25, 0.3) is 5.91 Å². The average molecular weight is 360 g/mol. The number of methoxy groups -OCH3 is 1. The van der Waals surface area contributed by atoms with Crippen LogP contribution >= 0.6 is 11.3 Å². The van der Waals surface area contributed by atoms with Gasteiger partial charge in [0, 0.05) is 16.5 Å². The van der Waals surface area contributed by atoms with Crippen LogP contribution in [0, 0.1) is 18.6 Å². The topological polar surface area (TPSA) is 51.2 Å². The highest BCUT2D eigenvalue weighted by Crippen LogP contribution is 2.28. The molecule has 1 aromatic heterocycles. The third-order valence-corrected chi connectivity index (χ3v) is 4.37. The van der Waals surface area contributed by atoms with Crippen molar-refractivity contribution in [1.82, 2.24) is 4.98 Å². The van der Waals surface area contributed by atoms with Crippen LogP contribution in [0.25, 0.3) is 11.3 Å². The molecule has 0 unspecified atom stereocenters. The molecule has 25 heavy (non-hydrogen) atoms. The second-order valence-electron chi connectivity index (χ2n) is 5.30. The monoisotopic (exact) mass is 360 g/mol. The van der Waals surface area contributed by atoms with Crippen molar-refractivity contribution in [2.24, 2.45) is 0 Å². The van der Waals surface area contributed by atoms with Gasteiger partial charge in [-0.3, -0.25) is 10.1 Å². The number of nitrogens with one attached hydrogen (secondary N) is 1. The Morgan fingerprint density at radius 3 is 2.72 bits per heavy atom. The lowest BCUT2D eigenvalue weighted by molar-refractivity contribution is 0.102. The van der Waals surface area contributed by atoms with Crippen molar-refractivity contribution < 1.29 is 18.3 Å². The molecule has 0 atom stereocenters. The maximum absolute atomic E-state index is 13.8. The second-order valence-corrected chi connectivity index (χ2v) is 6.16. The molecule has 0 aliphatic heterocycles. The summed E-state index contributed by atoms with van der Waals surface area (Å²) in [5.74, 6) is -1.27. The Bertz CT molecular complexity index is 941. The first kappa shape index (κ1) is 17.0. The molecule has 0 aliphatic carbocycles. The molecule has 0 bridgehead atoms. The van der Waals surface area contributed by atoms with Gasteiger partial charge in [-0.25, -0.2) is 13.8 Å². The molecule has 0 radical (unpaired) electrons. The van der Waals surface area contributed by atoms with Crippen LogP contribution in [0.4, 0.5) is 13.9 Å². The Hall–Kier alpha value is -2.80. The highest BCUT2D eigenvalue weighted by Gasteiger charge is 2.14. The van der Waals surface area contributed by atoms with Crippen LogP contribution in [0.15, 0.2) is 41.8 Å². The minimum Gasteiger partial charge on any atom is -0.494 e. The molecule has 1 heterocycles. The van der Waals surface area contributed by atoms with E-state index >= 15 is 0 Å². The van der Waals surface area contributed by atoms with E-state index in [-0.39, 0.29) is 11.3 Å². The van der Waals surface area contributed by atoms with Gasteiger partial charge in [-0.2, -0.15) is 0 Å². The smallest absolute Gasteiger partial charge is 0.257 e. The van der Waals surface area contributed by atoms with Crippen LogP contribution in [0.2, 0.25) is 0 Å². The van der Waals surface area contributed by atoms with Crippen molar-refractivity contribution in [3.05, 3.63) is 64.5 Å². The Morgan fingerprint density at radius 1 is 1.20 bits per heavy atom. The van der Waals surface area contributed by atoms with Gasteiger partial charge in [0.15, 0.2) is 16.7 Å². The number of thiazole rings is 1. The molecule has 0 saturated carbocycles. The lowest BCUT2D eigenvalue weighted by atomic mass is 10.1. The molecule has 1 amide bonds. The van der Waals surface area contributed by atoms with E-state index < -0.39 is 17.5 Å². The molecule has 3 rings (SSSR count). The number of rotatable bonds is 4. The number of benzene rings is 2. The molecule has 7 heteroatoms. The van der Waals surface area contributed by atoms with Gasteiger partial charge in [-0.1, -0.05) is 6.07 Å². The third kappa shape index (κ3) is 3.66. The van der Waals surface area contributed by atoms with Crippen molar-refractivity contribution in [2.45, 2.75) is 6.92 Å². The van der Waals surface area contributed by atoms with Gasteiger partial charge in [0.05, 0.1) is 12.8 Å². The summed E-state index contributed by atoms with van der Waals surface area (Å²) >= 11 is 1.20. The second kappa shape index (κ2) is 6.98. The van der Waals surface area contributed by atoms with Crippen LogP contribution in [0.5, 0.6) is 5.75 Å².